The highest BCUT2D eigenvalue weighted by Crippen LogP contribution is 2.16. The SMILES string of the molecule is Cc1ccc2ncc(C(=O)Nc3cccc(Br)c3)c(=O)n2c1. The maximum absolute atomic E-state index is 12.4. The van der Waals surface area contributed by atoms with E-state index >= 15 is 0 Å². The van der Waals surface area contributed by atoms with Crippen LogP contribution in [-0.4, -0.2) is 15.3 Å². The molecule has 0 bridgehead atoms. The molecule has 0 aliphatic heterocycles. The first-order chi connectivity index (χ1) is 10.5. The summed E-state index contributed by atoms with van der Waals surface area (Å²) in [5.74, 6) is -0.480. The number of rotatable bonds is 2. The molecule has 0 fully saturated rings. The zero-order chi connectivity index (χ0) is 15.7. The summed E-state index contributed by atoms with van der Waals surface area (Å²) in [6.07, 6.45) is 2.97. The molecule has 0 aliphatic carbocycles. The molecule has 1 amide bonds. The normalized spacial score (nSPS) is 10.6. The van der Waals surface area contributed by atoms with Crippen LogP contribution in [0.5, 0.6) is 0 Å². The number of halogens is 1. The summed E-state index contributed by atoms with van der Waals surface area (Å²) in [5, 5.41) is 2.70. The maximum Gasteiger partial charge on any atom is 0.270 e. The Kier molecular flexibility index (Phi) is 3.77. The molecule has 22 heavy (non-hydrogen) atoms. The molecular weight excluding hydrogens is 346 g/mol. The van der Waals surface area contributed by atoms with Crippen LogP contribution in [-0.2, 0) is 0 Å². The minimum absolute atomic E-state index is 0.00285. The van der Waals surface area contributed by atoms with E-state index in [1.165, 1.54) is 10.6 Å². The van der Waals surface area contributed by atoms with Crippen LogP contribution < -0.4 is 10.9 Å². The maximum atomic E-state index is 12.4. The molecule has 0 aliphatic rings. The summed E-state index contributed by atoms with van der Waals surface area (Å²) < 4.78 is 2.22. The van der Waals surface area contributed by atoms with Crippen molar-refractivity contribution in [3.8, 4) is 0 Å². The number of anilines is 1. The largest absolute Gasteiger partial charge is 0.322 e. The number of amides is 1. The lowest BCUT2D eigenvalue weighted by molar-refractivity contribution is 0.102. The van der Waals surface area contributed by atoms with Crippen molar-refractivity contribution < 1.29 is 4.79 Å². The van der Waals surface area contributed by atoms with Gasteiger partial charge in [-0.25, -0.2) is 4.98 Å². The van der Waals surface area contributed by atoms with Crippen molar-refractivity contribution in [1.82, 2.24) is 9.38 Å². The molecule has 1 aromatic carbocycles. The lowest BCUT2D eigenvalue weighted by atomic mass is 10.2. The average molecular weight is 358 g/mol. The second-order valence-electron chi connectivity index (χ2n) is 4.88. The summed E-state index contributed by atoms with van der Waals surface area (Å²) in [5.41, 5.74) is 1.65. The smallest absolute Gasteiger partial charge is 0.270 e. The molecule has 0 saturated heterocycles. The van der Waals surface area contributed by atoms with Crippen LogP contribution in [0.1, 0.15) is 15.9 Å². The third-order valence-electron chi connectivity index (χ3n) is 3.18. The Labute approximate surface area is 134 Å². The van der Waals surface area contributed by atoms with Gasteiger partial charge in [-0.05, 0) is 36.8 Å². The summed E-state index contributed by atoms with van der Waals surface area (Å²) in [7, 11) is 0. The highest BCUT2D eigenvalue weighted by atomic mass is 79.9. The van der Waals surface area contributed by atoms with E-state index in [1.54, 1.807) is 30.5 Å². The monoisotopic (exact) mass is 357 g/mol. The fourth-order valence-electron chi connectivity index (χ4n) is 2.10. The third kappa shape index (κ3) is 2.78. The topological polar surface area (TPSA) is 63.5 Å². The van der Waals surface area contributed by atoms with E-state index in [0.29, 0.717) is 11.3 Å². The predicted octanol–water partition coefficient (Wildman–Crippen LogP) is 3.02. The van der Waals surface area contributed by atoms with Crippen molar-refractivity contribution in [1.29, 1.82) is 0 Å². The van der Waals surface area contributed by atoms with Gasteiger partial charge in [-0.3, -0.25) is 14.0 Å². The molecule has 3 aromatic rings. The van der Waals surface area contributed by atoms with Gasteiger partial charge in [0.1, 0.15) is 11.2 Å². The molecule has 0 radical (unpaired) electrons. The van der Waals surface area contributed by atoms with Crippen LogP contribution in [0.4, 0.5) is 5.69 Å². The van der Waals surface area contributed by atoms with Gasteiger partial charge in [0, 0.05) is 22.6 Å². The Morgan fingerprint density at radius 3 is 2.86 bits per heavy atom. The lowest BCUT2D eigenvalue weighted by Gasteiger charge is -2.07. The van der Waals surface area contributed by atoms with Crippen molar-refractivity contribution in [3.63, 3.8) is 0 Å². The molecule has 0 spiro atoms. The fraction of sp³-hybridized carbons (Fsp3) is 0.0625. The highest BCUT2D eigenvalue weighted by Gasteiger charge is 2.13. The number of nitrogens with one attached hydrogen (secondary N) is 1. The van der Waals surface area contributed by atoms with Crippen molar-refractivity contribution in [2.24, 2.45) is 0 Å². The molecule has 0 unspecified atom stereocenters. The quantitative estimate of drug-likeness (QED) is 0.766. The molecule has 6 heteroatoms. The van der Waals surface area contributed by atoms with Gasteiger partial charge in [0.05, 0.1) is 0 Å². The number of fused-ring (bicyclic) bond motifs is 1. The number of hydrogen-bond donors (Lipinski definition) is 1. The minimum atomic E-state index is -0.480. The number of aryl methyl sites for hydroxylation is 1. The lowest BCUT2D eigenvalue weighted by Crippen LogP contribution is -2.26. The van der Waals surface area contributed by atoms with E-state index in [0.717, 1.165) is 10.0 Å². The molecule has 2 heterocycles. The standard InChI is InChI=1S/C16H12BrN3O2/c1-10-5-6-14-18-8-13(16(22)20(14)9-10)15(21)19-12-4-2-3-11(17)7-12/h2-9H,1H3,(H,19,21). The Morgan fingerprint density at radius 1 is 1.27 bits per heavy atom. The number of carbonyl (C=O) groups excluding carboxylic acids is 1. The number of hydrogen-bond acceptors (Lipinski definition) is 3. The van der Waals surface area contributed by atoms with E-state index in [9.17, 15) is 9.59 Å². The van der Waals surface area contributed by atoms with Gasteiger partial charge < -0.3 is 5.32 Å². The second-order valence-corrected chi connectivity index (χ2v) is 5.79. The summed E-state index contributed by atoms with van der Waals surface area (Å²) in [6.45, 7) is 1.88. The Morgan fingerprint density at radius 2 is 2.09 bits per heavy atom. The molecule has 5 nitrogen and oxygen atoms in total. The van der Waals surface area contributed by atoms with Crippen molar-refractivity contribution in [3.05, 3.63) is 74.7 Å². The first kappa shape index (κ1) is 14.5. The summed E-state index contributed by atoms with van der Waals surface area (Å²) >= 11 is 3.33. The van der Waals surface area contributed by atoms with Crippen molar-refractivity contribution >= 4 is 33.2 Å². The van der Waals surface area contributed by atoms with Gasteiger partial charge >= 0.3 is 0 Å². The average Bonchev–Trinajstić information content (AvgIpc) is 2.48. The van der Waals surface area contributed by atoms with E-state index < -0.39 is 5.91 Å². The number of pyridine rings is 1. The third-order valence-corrected chi connectivity index (χ3v) is 3.67. The zero-order valence-electron chi connectivity index (χ0n) is 11.7. The van der Waals surface area contributed by atoms with Crippen LogP contribution in [0.3, 0.4) is 0 Å². The number of carbonyl (C=O) groups is 1. The second kappa shape index (κ2) is 5.73. The predicted molar refractivity (Wildman–Crippen MR) is 88.3 cm³/mol. The van der Waals surface area contributed by atoms with E-state index in [1.807, 2.05) is 19.1 Å². The van der Waals surface area contributed by atoms with Crippen LogP contribution >= 0.6 is 15.9 Å². The Bertz CT molecular complexity index is 934. The summed E-state index contributed by atoms with van der Waals surface area (Å²) in [6, 6.07) is 10.8. The van der Waals surface area contributed by atoms with Gasteiger partial charge in [0.15, 0.2) is 0 Å². The first-order valence-corrected chi connectivity index (χ1v) is 7.39. The van der Waals surface area contributed by atoms with Gasteiger partial charge in [0.2, 0.25) is 0 Å². The number of aromatic nitrogens is 2. The van der Waals surface area contributed by atoms with Gasteiger partial charge in [-0.1, -0.05) is 28.1 Å². The van der Waals surface area contributed by atoms with Crippen LogP contribution in [0, 0.1) is 6.92 Å². The number of nitrogens with zero attached hydrogens (tertiary/aromatic N) is 2. The molecule has 2 aromatic heterocycles. The molecule has 0 atom stereocenters. The molecule has 3 rings (SSSR count). The Balaban J connectivity index is 2.01. The van der Waals surface area contributed by atoms with Gasteiger partial charge in [-0.2, -0.15) is 0 Å². The molecular formula is C16H12BrN3O2. The van der Waals surface area contributed by atoms with Crippen LogP contribution in [0.2, 0.25) is 0 Å². The highest BCUT2D eigenvalue weighted by molar-refractivity contribution is 9.10. The van der Waals surface area contributed by atoms with Crippen LogP contribution in [0.25, 0.3) is 5.65 Å². The Hall–Kier alpha value is -2.47. The van der Waals surface area contributed by atoms with Gasteiger partial charge in [0.25, 0.3) is 11.5 Å². The molecule has 110 valence electrons. The van der Waals surface area contributed by atoms with E-state index in [4.69, 9.17) is 0 Å². The minimum Gasteiger partial charge on any atom is -0.322 e. The molecule has 1 N–H and O–H groups in total. The van der Waals surface area contributed by atoms with Crippen molar-refractivity contribution in [2.45, 2.75) is 6.92 Å². The van der Waals surface area contributed by atoms with Crippen molar-refractivity contribution in [2.75, 3.05) is 5.32 Å². The van der Waals surface area contributed by atoms with E-state index in [-0.39, 0.29) is 11.1 Å². The van der Waals surface area contributed by atoms with Gasteiger partial charge in [-0.15, -0.1) is 0 Å². The fourth-order valence-corrected chi connectivity index (χ4v) is 2.50. The zero-order valence-corrected chi connectivity index (χ0v) is 13.3. The number of benzene rings is 1. The molecule has 0 saturated carbocycles. The first-order valence-electron chi connectivity index (χ1n) is 6.59. The van der Waals surface area contributed by atoms with E-state index in [2.05, 4.69) is 26.2 Å². The van der Waals surface area contributed by atoms with Crippen LogP contribution in [0.15, 0.2) is 58.1 Å². The summed E-state index contributed by atoms with van der Waals surface area (Å²) in [4.78, 5) is 28.9.